The third-order valence-corrected chi connectivity index (χ3v) is 4.88. The number of hydrogen-bond acceptors (Lipinski definition) is 4. The standard InChI is InChI=1S/C23H17BrO4/c1-26-18-4-2-3-16(11-18)14-27-19-9-10-20-21(13-19)28-22(23(20)25)12-15-5-7-17(24)8-6-15/h2-13H,14H2,1H3. The van der Waals surface area contributed by atoms with Gasteiger partial charge < -0.3 is 14.2 Å². The first-order chi connectivity index (χ1) is 13.6. The van der Waals surface area contributed by atoms with Gasteiger partial charge in [0.15, 0.2) is 5.76 Å². The molecule has 3 aromatic carbocycles. The van der Waals surface area contributed by atoms with E-state index in [9.17, 15) is 4.79 Å². The van der Waals surface area contributed by atoms with E-state index < -0.39 is 0 Å². The minimum Gasteiger partial charge on any atom is -0.497 e. The fourth-order valence-electron chi connectivity index (χ4n) is 2.90. The summed E-state index contributed by atoms with van der Waals surface area (Å²) in [6.07, 6.45) is 1.74. The van der Waals surface area contributed by atoms with Crippen molar-refractivity contribution in [2.75, 3.05) is 7.11 Å². The number of ether oxygens (including phenoxy) is 3. The first-order valence-electron chi connectivity index (χ1n) is 8.72. The molecule has 28 heavy (non-hydrogen) atoms. The highest BCUT2D eigenvalue weighted by molar-refractivity contribution is 9.10. The van der Waals surface area contributed by atoms with Crippen LogP contribution in [0.2, 0.25) is 0 Å². The smallest absolute Gasteiger partial charge is 0.231 e. The van der Waals surface area contributed by atoms with Gasteiger partial charge in [-0.3, -0.25) is 4.79 Å². The summed E-state index contributed by atoms with van der Waals surface area (Å²) in [5, 5.41) is 0. The van der Waals surface area contributed by atoms with Crippen LogP contribution < -0.4 is 14.2 Å². The summed E-state index contributed by atoms with van der Waals surface area (Å²) >= 11 is 3.40. The molecular formula is C23H17BrO4. The zero-order valence-electron chi connectivity index (χ0n) is 15.1. The molecule has 0 bridgehead atoms. The Morgan fingerprint density at radius 3 is 2.61 bits per heavy atom. The van der Waals surface area contributed by atoms with Crippen LogP contribution in [0.15, 0.2) is 77.0 Å². The molecule has 140 valence electrons. The Morgan fingerprint density at radius 2 is 1.82 bits per heavy atom. The van der Waals surface area contributed by atoms with Gasteiger partial charge in [0.2, 0.25) is 5.78 Å². The molecule has 1 aliphatic rings. The lowest BCUT2D eigenvalue weighted by Crippen LogP contribution is -1.98. The average molecular weight is 437 g/mol. The SMILES string of the molecule is COc1cccc(COc2ccc3c(c2)OC(=Cc2ccc(Br)cc2)C3=O)c1. The normalized spacial score (nSPS) is 13.9. The van der Waals surface area contributed by atoms with Crippen molar-refractivity contribution in [2.24, 2.45) is 0 Å². The summed E-state index contributed by atoms with van der Waals surface area (Å²) in [7, 11) is 1.63. The van der Waals surface area contributed by atoms with Crippen LogP contribution in [0.4, 0.5) is 0 Å². The summed E-state index contributed by atoms with van der Waals surface area (Å²) in [5.74, 6) is 2.11. The largest absolute Gasteiger partial charge is 0.497 e. The number of halogens is 1. The highest BCUT2D eigenvalue weighted by atomic mass is 79.9. The second kappa shape index (κ2) is 7.90. The number of ketones is 1. The first-order valence-corrected chi connectivity index (χ1v) is 9.51. The summed E-state index contributed by atoms with van der Waals surface area (Å²) in [6.45, 7) is 0.394. The molecular weight excluding hydrogens is 420 g/mol. The highest BCUT2D eigenvalue weighted by Crippen LogP contribution is 2.35. The van der Waals surface area contributed by atoms with Crippen LogP contribution in [0.5, 0.6) is 17.2 Å². The molecule has 0 spiro atoms. The molecule has 0 radical (unpaired) electrons. The van der Waals surface area contributed by atoms with Gasteiger partial charge in [0.25, 0.3) is 0 Å². The van der Waals surface area contributed by atoms with E-state index in [0.717, 1.165) is 21.3 Å². The van der Waals surface area contributed by atoms with Gasteiger partial charge >= 0.3 is 0 Å². The van der Waals surface area contributed by atoms with Crippen molar-refractivity contribution in [1.29, 1.82) is 0 Å². The zero-order chi connectivity index (χ0) is 19.5. The maximum Gasteiger partial charge on any atom is 0.231 e. The van der Waals surface area contributed by atoms with E-state index in [1.165, 1.54) is 0 Å². The Balaban J connectivity index is 1.49. The number of carbonyl (C=O) groups excluding carboxylic acids is 1. The topological polar surface area (TPSA) is 44.8 Å². The number of Topliss-reactive ketones (excluding diaryl/α,β-unsaturated/α-hetero) is 1. The van der Waals surface area contributed by atoms with Gasteiger partial charge in [0, 0.05) is 10.5 Å². The van der Waals surface area contributed by atoms with Crippen molar-refractivity contribution < 1.29 is 19.0 Å². The van der Waals surface area contributed by atoms with Crippen LogP contribution >= 0.6 is 15.9 Å². The lowest BCUT2D eigenvalue weighted by Gasteiger charge is -2.08. The fourth-order valence-corrected chi connectivity index (χ4v) is 3.16. The first kappa shape index (κ1) is 18.3. The van der Waals surface area contributed by atoms with E-state index >= 15 is 0 Å². The number of hydrogen-bond donors (Lipinski definition) is 0. The van der Waals surface area contributed by atoms with E-state index in [0.29, 0.717) is 29.4 Å². The van der Waals surface area contributed by atoms with Crippen molar-refractivity contribution in [1.82, 2.24) is 0 Å². The molecule has 5 heteroatoms. The summed E-state index contributed by atoms with van der Waals surface area (Å²) in [6, 6.07) is 20.6. The van der Waals surface area contributed by atoms with Crippen molar-refractivity contribution >= 4 is 27.8 Å². The molecule has 0 atom stereocenters. The van der Waals surface area contributed by atoms with Crippen molar-refractivity contribution in [3.05, 3.63) is 93.7 Å². The average Bonchev–Trinajstić information content (AvgIpc) is 3.03. The molecule has 0 saturated carbocycles. The summed E-state index contributed by atoms with van der Waals surface area (Å²) < 4.78 is 17.8. The lowest BCUT2D eigenvalue weighted by atomic mass is 10.1. The van der Waals surface area contributed by atoms with Gasteiger partial charge in [-0.05, 0) is 53.6 Å². The Bertz CT molecular complexity index is 1050. The molecule has 0 unspecified atom stereocenters. The maximum atomic E-state index is 12.6. The lowest BCUT2D eigenvalue weighted by molar-refractivity contribution is 0.101. The number of allylic oxidation sites excluding steroid dienone is 1. The molecule has 0 aromatic heterocycles. The highest BCUT2D eigenvalue weighted by Gasteiger charge is 2.27. The minimum atomic E-state index is -0.128. The number of carbonyl (C=O) groups is 1. The van der Waals surface area contributed by atoms with Crippen LogP contribution in [0.25, 0.3) is 6.08 Å². The van der Waals surface area contributed by atoms with Crippen LogP contribution in [-0.4, -0.2) is 12.9 Å². The van der Waals surface area contributed by atoms with E-state index in [1.54, 1.807) is 31.4 Å². The van der Waals surface area contributed by atoms with Gasteiger partial charge in [-0.2, -0.15) is 0 Å². The molecule has 1 aliphatic heterocycles. The molecule has 3 aromatic rings. The van der Waals surface area contributed by atoms with Crippen LogP contribution in [-0.2, 0) is 6.61 Å². The molecule has 0 aliphatic carbocycles. The quantitative estimate of drug-likeness (QED) is 0.484. The van der Waals surface area contributed by atoms with Crippen molar-refractivity contribution in [2.45, 2.75) is 6.61 Å². The summed E-state index contributed by atoms with van der Waals surface area (Å²) in [5.41, 5.74) is 2.43. The van der Waals surface area contributed by atoms with Gasteiger partial charge in [0.05, 0.1) is 12.7 Å². The second-order valence-corrected chi connectivity index (χ2v) is 7.21. The van der Waals surface area contributed by atoms with E-state index in [2.05, 4.69) is 15.9 Å². The monoisotopic (exact) mass is 436 g/mol. The Morgan fingerprint density at radius 1 is 1.00 bits per heavy atom. The van der Waals surface area contributed by atoms with Crippen LogP contribution in [0, 0.1) is 0 Å². The number of methoxy groups -OCH3 is 1. The molecule has 4 nitrogen and oxygen atoms in total. The van der Waals surface area contributed by atoms with Crippen LogP contribution in [0.3, 0.4) is 0 Å². The van der Waals surface area contributed by atoms with E-state index in [1.807, 2.05) is 48.5 Å². The molecule has 0 saturated heterocycles. The van der Waals surface area contributed by atoms with Gasteiger partial charge in [0.1, 0.15) is 23.9 Å². The van der Waals surface area contributed by atoms with Gasteiger partial charge in [-0.25, -0.2) is 0 Å². The number of rotatable bonds is 5. The third-order valence-electron chi connectivity index (χ3n) is 4.35. The predicted molar refractivity (Wildman–Crippen MR) is 111 cm³/mol. The number of fused-ring (bicyclic) bond motifs is 1. The molecule has 0 fully saturated rings. The molecule has 0 amide bonds. The van der Waals surface area contributed by atoms with Crippen LogP contribution in [0.1, 0.15) is 21.5 Å². The zero-order valence-corrected chi connectivity index (χ0v) is 16.7. The molecule has 4 rings (SSSR count). The van der Waals surface area contributed by atoms with E-state index in [-0.39, 0.29) is 5.78 Å². The Kier molecular flexibility index (Phi) is 5.17. The van der Waals surface area contributed by atoms with Gasteiger partial charge in [-0.1, -0.05) is 40.2 Å². The second-order valence-electron chi connectivity index (χ2n) is 6.29. The van der Waals surface area contributed by atoms with Crippen molar-refractivity contribution in [3.8, 4) is 17.2 Å². The third kappa shape index (κ3) is 3.94. The number of benzene rings is 3. The molecule has 1 heterocycles. The Labute approximate surface area is 171 Å². The maximum absolute atomic E-state index is 12.6. The fraction of sp³-hybridized carbons (Fsp3) is 0.0870. The Hall–Kier alpha value is -3.05. The van der Waals surface area contributed by atoms with Gasteiger partial charge in [-0.15, -0.1) is 0 Å². The van der Waals surface area contributed by atoms with E-state index in [4.69, 9.17) is 14.2 Å². The molecule has 0 N–H and O–H groups in total. The predicted octanol–water partition coefficient (Wildman–Crippen LogP) is 5.65. The van der Waals surface area contributed by atoms with Crippen molar-refractivity contribution in [3.63, 3.8) is 0 Å². The summed E-state index contributed by atoms with van der Waals surface area (Å²) in [4.78, 5) is 12.6. The minimum absolute atomic E-state index is 0.128.